The number of allylic oxidation sites excluding steroid dienone is 3. The molecule has 0 bridgehead atoms. The van der Waals surface area contributed by atoms with E-state index in [4.69, 9.17) is 4.98 Å². The lowest BCUT2D eigenvalue weighted by molar-refractivity contribution is 0.627. The highest BCUT2D eigenvalue weighted by Gasteiger charge is 2.16. The molecule has 0 aliphatic heterocycles. The Morgan fingerprint density at radius 1 is 1.19 bits per heavy atom. The maximum Gasteiger partial charge on any atom is 0.187 e. The normalized spacial score (nSPS) is 10.8. The van der Waals surface area contributed by atoms with Gasteiger partial charge in [0.05, 0.1) is 5.69 Å². The molecule has 32 heavy (non-hydrogen) atoms. The van der Waals surface area contributed by atoms with E-state index in [1.54, 1.807) is 6.20 Å². The second-order valence-electron chi connectivity index (χ2n) is 6.90. The predicted molar refractivity (Wildman–Crippen MR) is 137 cm³/mol. The molecule has 1 heterocycles. The van der Waals surface area contributed by atoms with Gasteiger partial charge in [-0.05, 0) is 61.8 Å². The van der Waals surface area contributed by atoms with E-state index in [0.717, 1.165) is 65.5 Å². The molecule has 1 aromatic carbocycles. The maximum absolute atomic E-state index is 13.3. The third-order valence-corrected chi connectivity index (χ3v) is 5.11. The van der Waals surface area contributed by atoms with Crippen molar-refractivity contribution in [3.8, 4) is 11.8 Å². The van der Waals surface area contributed by atoms with E-state index >= 15 is 0 Å². The van der Waals surface area contributed by atoms with Crippen molar-refractivity contribution in [2.24, 2.45) is 0 Å². The smallest absolute Gasteiger partial charge is 0.187 e. The van der Waals surface area contributed by atoms with Crippen molar-refractivity contribution < 1.29 is 4.39 Å². The number of thioether (sulfide) groups is 1. The van der Waals surface area contributed by atoms with Gasteiger partial charge >= 0.3 is 0 Å². The lowest BCUT2D eigenvalue weighted by atomic mass is 9.94. The lowest BCUT2D eigenvalue weighted by Crippen LogP contribution is -2.18. The van der Waals surface area contributed by atoms with Crippen molar-refractivity contribution in [1.82, 2.24) is 15.3 Å². The zero-order chi connectivity index (χ0) is 23.8. The van der Waals surface area contributed by atoms with Gasteiger partial charge in [-0.1, -0.05) is 57.7 Å². The van der Waals surface area contributed by atoms with Gasteiger partial charge in [0, 0.05) is 30.4 Å². The molecule has 1 N–H and O–H groups in total. The van der Waals surface area contributed by atoms with E-state index < -0.39 is 0 Å². The van der Waals surface area contributed by atoms with Crippen LogP contribution in [-0.2, 0) is 6.42 Å². The van der Waals surface area contributed by atoms with Crippen molar-refractivity contribution >= 4 is 17.3 Å². The van der Waals surface area contributed by atoms with Crippen molar-refractivity contribution in [2.45, 2.75) is 65.0 Å². The summed E-state index contributed by atoms with van der Waals surface area (Å²) in [6, 6.07) is 8.53. The van der Waals surface area contributed by atoms with Crippen LogP contribution in [-0.4, -0.2) is 22.8 Å². The van der Waals surface area contributed by atoms with Gasteiger partial charge in [-0.2, -0.15) is 0 Å². The number of hydrogen-bond donors (Lipinski definition) is 1. The van der Waals surface area contributed by atoms with Crippen LogP contribution in [0, 0.1) is 17.7 Å². The van der Waals surface area contributed by atoms with Crippen LogP contribution in [0.3, 0.4) is 0 Å². The quantitative estimate of drug-likeness (QED) is 0.130. The molecule has 0 spiro atoms. The Hall–Kier alpha value is -2.58. The summed E-state index contributed by atoms with van der Waals surface area (Å²) in [5.41, 5.74) is 5.01. The number of rotatable bonds is 11. The molecule has 0 amide bonds. The third-order valence-electron chi connectivity index (χ3n) is 4.55. The van der Waals surface area contributed by atoms with E-state index in [1.165, 1.54) is 23.9 Å². The summed E-state index contributed by atoms with van der Waals surface area (Å²) >= 11 is 1.52. The Balaban J connectivity index is 0.00000249. The number of unbranched alkanes of at least 4 members (excludes halogenated alkanes) is 1. The van der Waals surface area contributed by atoms with Crippen LogP contribution in [0.4, 0.5) is 4.39 Å². The number of nitrogens with one attached hydrogen (secondary N) is 1. The molecule has 172 valence electrons. The first-order valence-electron chi connectivity index (χ1n) is 11.3. The second kappa shape index (κ2) is 16.1. The lowest BCUT2D eigenvalue weighted by Gasteiger charge is -2.19. The summed E-state index contributed by atoms with van der Waals surface area (Å²) in [4.78, 5) is 9.06. The molecule has 0 aliphatic rings. The minimum absolute atomic E-state index is 0.232. The monoisotopic (exact) mass is 453 g/mol. The Kier molecular flexibility index (Phi) is 13.8. The molecule has 5 heteroatoms. The second-order valence-corrected chi connectivity index (χ2v) is 7.67. The van der Waals surface area contributed by atoms with Gasteiger partial charge in [0.2, 0.25) is 0 Å². The van der Waals surface area contributed by atoms with Crippen LogP contribution in [0.1, 0.15) is 64.6 Å². The first-order chi connectivity index (χ1) is 15.6. The van der Waals surface area contributed by atoms with Crippen LogP contribution in [0.5, 0.6) is 0 Å². The molecule has 0 saturated carbocycles. The number of hydrogen-bond acceptors (Lipinski definition) is 4. The molecule has 0 saturated heterocycles. The molecule has 2 aromatic rings. The molecular weight excluding hydrogens is 417 g/mol. The highest BCUT2D eigenvalue weighted by atomic mass is 32.2. The van der Waals surface area contributed by atoms with E-state index in [1.807, 2.05) is 45.2 Å². The van der Waals surface area contributed by atoms with Crippen LogP contribution in [0.2, 0.25) is 0 Å². The molecule has 0 unspecified atom stereocenters. The number of halogens is 1. The Labute approximate surface area is 198 Å². The standard InChI is InChI=1S/C25H30FN3S.C2H6/c1-5-7-8-9-16-27-22(10-6-2)24(23-15-17-28-25(29-23)30-4)19(3)18-20-11-13-21(26)14-12-20;1-2/h11-15,17,27H,3,6,8-10,16,18H2,1-2,4H3;1-2H3/b24-22+;. The number of aromatic nitrogens is 2. The predicted octanol–water partition coefficient (Wildman–Crippen LogP) is 7.07. The average molecular weight is 454 g/mol. The summed E-state index contributed by atoms with van der Waals surface area (Å²) in [5.74, 6) is 5.82. The average Bonchev–Trinajstić information content (AvgIpc) is 2.82. The molecular formula is C27H36FN3S. The summed E-state index contributed by atoms with van der Waals surface area (Å²) < 4.78 is 13.3. The topological polar surface area (TPSA) is 37.8 Å². The van der Waals surface area contributed by atoms with Gasteiger partial charge in [-0.25, -0.2) is 14.4 Å². The van der Waals surface area contributed by atoms with Crippen LogP contribution < -0.4 is 5.32 Å². The van der Waals surface area contributed by atoms with Gasteiger partial charge in [0.1, 0.15) is 5.82 Å². The molecule has 0 atom stereocenters. The van der Waals surface area contributed by atoms with Crippen molar-refractivity contribution in [3.63, 3.8) is 0 Å². The van der Waals surface area contributed by atoms with Gasteiger partial charge in [-0.3, -0.25) is 0 Å². The SMILES string of the molecule is C=C(Cc1ccc(F)cc1)/C(=C(/CCC)NCCCC#CC)c1ccnc(SC)n1.CC. The first kappa shape index (κ1) is 27.5. The molecule has 0 fully saturated rings. The van der Waals surface area contributed by atoms with Crippen molar-refractivity contribution in [1.29, 1.82) is 0 Å². The zero-order valence-electron chi connectivity index (χ0n) is 20.1. The van der Waals surface area contributed by atoms with Gasteiger partial charge < -0.3 is 5.32 Å². The third kappa shape index (κ3) is 9.28. The van der Waals surface area contributed by atoms with E-state index in [0.29, 0.717) is 6.42 Å². The summed E-state index contributed by atoms with van der Waals surface area (Å²) in [6.07, 6.45) is 8.14. The maximum atomic E-state index is 13.3. The Morgan fingerprint density at radius 2 is 1.91 bits per heavy atom. The van der Waals surface area contributed by atoms with E-state index in [9.17, 15) is 4.39 Å². The molecule has 0 radical (unpaired) electrons. The summed E-state index contributed by atoms with van der Waals surface area (Å²) in [5, 5.41) is 4.35. The fourth-order valence-electron chi connectivity index (χ4n) is 3.16. The van der Waals surface area contributed by atoms with Crippen molar-refractivity contribution in [3.05, 3.63) is 71.5 Å². The van der Waals surface area contributed by atoms with E-state index in [-0.39, 0.29) is 5.82 Å². The highest BCUT2D eigenvalue weighted by molar-refractivity contribution is 7.98. The van der Waals surface area contributed by atoms with Crippen molar-refractivity contribution in [2.75, 3.05) is 12.8 Å². The van der Waals surface area contributed by atoms with E-state index in [2.05, 4.69) is 35.6 Å². The van der Waals surface area contributed by atoms with Gasteiger partial charge in [0.15, 0.2) is 5.16 Å². The minimum atomic E-state index is -0.232. The fourth-order valence-corrected chi connectivity index (χ4v) is 3.51. The number of benzene rings is 1. The summed E-state index contributed by atoms with van der Waals surface area (Å²) in [7, 11) is 0. The zero-order valence-corrected chi connectivity index (χ0v) is 20.9. The number of nitrogens with zero attached hydrogens (tertiary/aromatic N) is 2. The summed E-state index contributed by atoms with van der Waals surface area (Å²) in [6.45, 7) is 13.3. The molecule has 1 aromatic heterocycles. The highest BCUT2D eigenvalue weighted by Crippen LogP contribution is 2.29. The molecule has 0 aliphatic carbocycles. The largest absolute Gasteiger partial charge is 0.388 e. The Bertz CT molecular complexity index is 924. The molecule has 3 nitrogen and oxygen atoms in total. The van der Waals surface area contributed by atoms with Crippen LogP contribution in [0.15, 0.2) is 59.5 Å². The van der Waals surface area contributed by atoms with Crippen LogP contribution >= 0.6 is 11.8 Å². The van der Waals surface area contributed by atoms with Gasteiger partial charge in [-0.15, -0.1) is 11.8 Å². The first-order valence-corrected chi connectivity index (χ1v) is 12.5. The fraction of sp³-hybridized carbons (Fsp3) is 0.407. The van der Waals surface area contributed by atoms with Crippen LogP contribution in [0.25, 0.3) is 5.57 Å². The van der Waals surface area contributed by atoms with Gasteiger partial charge in [0.25, 0.3) is 0 Å². The molecule has 2 rings (SSSR count). The minimum Gasteiger partial charge on any atom is -0.388 e. The Morgan fingerprint density at radius 3 is 2.53 bits per heavy atom.